The normalized spacial score (nSPS) is 15.9. The van der Waals surface area contributed by atoms with Gasteiger partial charge in [0.05, 0.1) is 5.25 Å². The number of thioether (sulfide) groups is 1. The minimum absolute atomic E-state index is 0.0560. The number of hydrogen-bond donors (Lipinski definition) is 0. The van der Waals surface area contributed by atoms with Crippen LogP contribution in [0.3, 0.4) is 0 Å². The number of hydrogen-bond acceptors (Lipinski definition) is 3. The molecule has 132 valence electrons. The highest BCUT2D eigenvalue weighted by atomic mass is 35.5. The van der Waals surface area contributed by atoms with Crippen molar-refractivity contribution in [2.24, 2.45) is 0 Å². The molecule has 1 amide bonds. The van der Waals surface area contributed by atoms with Crippen LogP contribution in [0.15, 0.2) is 54.6 Å². The summed E-state index contributed by atoms with van der Waals surface area (Å²) in [6.45, 7) is 5.33. The lowest BCUT2D eigenvalue weighted by atomic mass is 10.2. The van der Waals surface area contributed by atoms with E-state index in [1.165, 1.54) is 5.69 Å². The number of carbonyl (C=O) groups excluding carboxylic acids is 1. The maximum Gasteiger partial charge on any atom is 0.235 e. The standard InChI is InChI=1S/C20H23ClN2OS/c1-16(25-15-17-7-5-6-10-19(17)21)20(24)23-13-11-22(12-14-23)18-8-3-2-4-9-18/h2-10,16H,11-15H2,1H3. The van der Waals surface area contributed by atoms with Crippen molar-refractivity contribution in [3.05, 3.63) is 65.2 Å². The Labute approximate surface area is 159 Å². The smallest absolute Gasteiger partial charge is 0.235 e. The van der Waals surface area contributed by atoms with Gasteiger partial charge in [0.2, 0.25) is 5.91 Å². The number of benzene rings is 2. The average Bonchev–Trinajstić information content (AvgIpc) is 2.67. The van der Waals surface area contributed by atoms with Crippen LogP contribution < -0.4 is 4.90 Å². The van der Waals surface area contributed by atoms with Crippen molar-refractivity contribution in [2.75, 3.05) is 31.1 Å². The summed E-state index contributed by atoms with van der Waals surface area (Å²) in [5.41, 5.74) is 2.32. The van der Waals surface area contributed by atoms with Gasteiger partial charge < -0.3 is 9.80 Å². The molecule has 25 heavy (non-hydrogen) atoms. The number of nitrogens with zero attached hydrogens (tertiary/aromatic N) is 2. The van der Waals surface area contributed by atoms with E-state index in [1.807, 2.05) is 42.2 Å². The molecule has 1 fully saturated rings. The lowest BCUT2D eigenvalue weighted by Gasteiger charge is -2.37. The van der Waals surface area contributed by atoms with E-state index in [1.54, 1.807) is 11.8 Å². The topological polar surface area (TPSA) is 23.6 Å². The Hall–Kier alpha value is -1.65. The Morgan fingerprint density at radius 1 is 1.04 bits per heavy atom. The van der Waals surface area contributed by atoms with Crippen molar-refractivity contribution in [1.29, 1.82) is 0 Å². The van der Waals surface area contributed by atoms with Gasteiger partial charge in [-0.3, -0.25) is 4.79 Å². The molecule has 1 unspecified atom stereocenters. The highest BCUT2D eigenvalue weighted by Gasteiger charge is 2.25. The van der Waals surface area contributed by atoms with E-state index in [0.29, 0.717) is 0 Å². The number of piperazine rings is 1. The van der Waals surface area contributed by atoms with Crippen molar-refractivity contribution >= 4 is 35.0 Å². The first-order valence-electron chi connectivity index (χ1n) is 8.59. The largest absolute Gasteiger partial charge is 0.368 e. The molecule has 0 bridgehead atoms. The molecule has 2 aromatic rings. The molecule has 1 aliphatic rings. The lowest BCUT2D eigenvalue weighted by molar-refractivity contribution is -0.130. The monoisotopic (exact) mass is 374 g/mol. The van der Waals surface area contributed by atoms with Gasteiger partial charge in [0.1, 0.15) is 0 Å². The molecule has 0 saturated carbocycles. The number of anilines is 1. The predicted octanol–water partition coefficient (Wildman–Crippen LogP) is 4.31. The first kappa shape index (κ1) is 18.2. The van der Waals surface area contributed by atoms with Gasteiger partial charge in [-0.25, -0.2) is 0 Å². The quantitative estimate of drug-likeness (QED) is 0.779. The van der Waals surface area contributed by atoms with Crippen LogP contribution in [0.25, 0.3) is 0 Å². The maximum atomic E-state index is 12.7. The summed E-state index contributed by atoms with van der Waals surface area (Å²) in [5.74, 6) is 0.987. The van der Waals surface area contributed by atoms with Crippen LogP contribution in [0.2, 0.25) is 5.02 Å². The molecule has 3 rings (SSSR count). The molecular weight excluding hydrogens is 352 g/mol. The zero-order chi connectivity index (χ0) is 17.6. The fourth-order valence-corrected chi connectivity index (χ4v) is 4.24. The summed E-state index contributed by atoms with van der Waals surface area (Å²) in [5, 5.41) is 0.714. The van der Waals surface area contributed by atoms with E-state index in [-0.39, 0.29) is 11.2 Å². The molecule has 1 heterocycles. The highest BCUT2D eigenvalue weighted by molar-refractivity contribution is 7.99. The molecule has 0 aromatic heterocycles. The third kappa shape index (κ3) is 4.71. The van der Waals surface area contributed by atoms with E-state index < -0.39 is 0 Å². The number of amides is 1. The Bertz CT molecular complexity index is 702. The summed E-state index contributed by atoms with van der Waals surface area (Å²) in [7, 11) is 0. The second-order valence-corrected chi connectivity index (χ2v) is 7.93. The van der Waals surface area contributed by atoms with Crippen LogP contribution >= 0.6 is 23.4 Å². The number of rotatable bonds is 5. The van der Waals surface area contributed by atoms with Gasteiger partial charge in [0, 0.05) is 42.6 Å². The molecule has 3 nitrogen and oxygen atoms in total. The summed E-state index contributed by atoms with van der Waals surface area (Å²) in [6.07, 6.45) is 0. The molecule has 1 aliphatic heterocycles. The lowest BCUT2D eigenvalue weighted by Crippen LogP contribution is -2.50. The zero-order valence-electron chi connectivity index (χ0n) is 14.4. The Morgan fingerprint density at radius 3 is 2.36 bits per heavy atom. The van der Waals surface area contributed by atoms with Crippen molar-refractivity contribution in [3.8, 4) is 0 Å². The molecule has 0 N–H and O–H groups in total. The number of halogens is 1. The average molecular weight is 375 g/mol. The molecule has 0 radical (unpaired) electrons. The molecule has 1 atom stereocenters. The molecule has 2 aromatic carbocycles. The Kier molecular flexibility index (Phi) is 6.27. The summed E-state index contributed by atoms with van der Waals surface area (Å²) in [4.78, 5) is 17.0. The van der Waals surface area contributed by atoms with Gasteiger partial charge in [-0.05, 0) is 30.7 Å². The van der Waals surface area contributed by atoms with Crippen LogP contribution in [0, 0.1) is 0 Å². The van der Waals surface area contributed by atoms with Crippen LogP contribution in [0.4, 0.5) is 5.69 Å². The minimum atomic E-state index is -0.0560. The van der Waals surface area contributed by atoms with E-state index in [4.69, 9.17) is 11.6 Å². The van der Waals surface area contributed by atoms with Crippen LogP contribution in [0.5, 0.6) is 0 Å². The second kappa shape index (κ2) is 8.63. The molecule has 1 saturated heterocycles. The van der Waals surface area contributed by atoms with E-state index in [9.17, 15) is 4.79 Å². The predicted molar refractivity (Wildman–Crippen MR) is 107 cm³/mol. The fraction of sp³-hybridized carbons (Fsp3) is 0.350. The van der Waals surface area contributed by atoms with E-state index >= 15 is 0 Å². The van der Waals surface area contributed by atoms with Crippen LogP contribution in [-0.4, -0.2) is 42.2 Å². The van der Waals surface area contributed by atoms with Gasteiger partial charge in [-0.2, -0.15) is 0 Å². The first-order chi connectivity index (χ1) is 12.1. The van der Waals surface area contributed by atoms with Crippen molar-refractivity contribution in [1.82, 2.24) is 4.90 Å². The fourth-order valence-electron chi connectivity index (χ4n) is 2.98. The maximum absolute atomic E-state index is 12.7. The second-order valence-electron chi connectivity index (χ2n) is 6.19. The van der Waals surface area contributed by atoms with Crippen LogP contribution in [-0.2, 0) is 10.5 Å². The molecule has 0 spiro atoms. The number of para-hydroxylation sites is 1. The SMILES string of the molecule is CC(SCc1ccccc1Cl)C(=O)N1CCN(c2ccccc2)CC1. The summed E-state index contributed by atoms with van der Waals surface area (Å²) >= 11 is 7.85. The zero-order valence-corrected chi connectivity index (χ0v) is 16.0. The third-order valence-corrected chi connectivity index (χ3v) is 6.06. The first-order valence-corrected chi connectivity index (χ1v) is 10.0. The number of carbonyl (C=O) groups is 1. The third-order valence-electron chi connectivity index (χ3n) is 4.51. The molecule has 5 heteroatoms. The molecule has 0 aliphatic carbocycles. The van der Waals surface area contributed by atoms with Crippen molar-refractivity contribution < 1.29 is 4.79 Å². The van der Waals surface area contributed by atoms with Crippen molar-refractivity contribution in [3.63, 3.8) is 0 Å². The van der Waals surface area contributed by atoms with Gasteiger partial charge >= 0.3 is 0 Å². The summed E-state index contributed by atoms with van der Waals surface area (Å²) < 4.78 is 0. The van der Waals surface area contributed by atoms with E-state index in [2.05, 4.69) is 29.2 Å². The Balaban J connectivity index is 1.49. The highest BCUT2D eigenvalue weighted by Crippen LogP contribution is 2.25. The van der Waals surface area contributed by atoms with Gasteiger partial charge in [-0.15, -0.1) is 11.8 Å². The van der Waals surface area contributed by atoms with Gasteiger partial charge in [-0.1, -0.05) is 48.0 Å². The van der Waals surface area contributed by atoms with Crippen LogP contribution in [0.1, 0.15) is 12.5 Å². The molecular formula is C20H23ClN2OS. The van der Waals surface area contributed by atoms with Gasteiger partial charge in [0.25, 0.3) is 0 Å². The minimum Gasteiger partial charge on any atom is -0.368 e. The van der Waals surface area contributed by atoms with Crippen molar-refractivity contribution in [2.45, 2.75) is 17.9 Å². The Morgan fingerprint density at radius 2 is 1.68 bits per heavy atom. The van der Waals surface area contributed by atoms with E-state index in [0.717, 1.165) is 42.5 Å². The summed E-state index contributed by atoms with van der Waals surface area (Å²) in [6, 6.07) is 18.2. The van der Waals surface area contributed by atoms with Gasteiger partial charge in [0.15, 0.2) is 0 Å².